The van der Waals surface area contributed by atoms with Crippen LogP contribution in [0.4, 0.5) is 0 Å². The molecule has 5 heteroatoms. The van der Waals surface area contributed by atoms with E-state index in [-0.39, 0.29) is 62.5 Å². The Morgan fingerprint density at radius 3 is 2.35 bits per heavy atom. The summed E-state index contributed by atoms with van der Waals surface area (Å²) in [4.78, 5) is 22.3. The van der Waals surface area contributed by atoms with Gasteiger partial charge in [-0.3, -0.25) is 0 Å². The van der Waals surface area contributed by atoms with Crippen LogP contribution in [0.3, 0.4) is 0 Å². The Labute approximate surface area is 143 Å². The zero-order valence-electron chi connectivity index (χ0n) is 10.1. The number of unbranched alkanes of at least 4 members (excludes halogenated alkanes) is 1. The van der Waals surface area contributed by atoms with Gasteiger partial charge in [-0.25, -0.2) is 4.79 Å². The Morgan fingerprint density at radius 2 is 1.82 bits per heavy atom. The molecule has 0 unspecified atom stereocenters. The monoisotopic (exact) mass is 260 g/mol. The molecule has 0 radical (unpaired) electrons. The van der Waals surface area contributed by atoms with Crippen molar-refractivity contribution in [1.29, 1.82) is 0 Å². The van der Waals surface area contributed by atoms with Crippen molar-refractivity contribution in [2.75, 3.05) is 6.61 Å². The number of aromatic carboxylic acids is 1. The van der Waals surface area contributed by atoms with Crippen molar-refractivity contribution in [2.45, 2.75) is 19.8 Å². The molecule has 0 aliphatic heterocycles. The molecule has 0 saturated heterocycles. The SMILES string of the molecule is CCCCOC(=O)c1ccccc1C(=O)[O-].[K+]. The van der Waals surface area contributed by atoms with E-state index < -0.39 is 11.9 Å². The maximum Gasteiger partial charge on any atom is 1.00 e. The molecule has 17 heavy (non-hydrogen) atoms. The van der Waals surface area contributed by atoms with Crippen LogP contribution < -0.4 is 56.5 Å². The van der Waals surface area contributed by atoms with Gasteiger partial charge < -0.3 is 14.6 Å². The zero-order valence-corrected chi connectivity index (χ0v) is 13.2. The molecular formula is C12H13KO4. The number of hydrogen-bond acceptors (Lipinski definition) is 4. The van der Waals surface area contributed by atoms with Gasteiger partial charge in [0.25, 0.3) is 0 Å². The molecule has 1 aromatic carbocycles. The number of carbonyl (C=O) groups is 2. The smallest absolute Gasteiger partial charge is 0.545 e. The molecule has 1 aromatic rings. The molecule has 0 aliphatic rings. The summed E-state index contributed by atoms with van der Waals surface area (Å²) in [7, 11) is 0. The second-order valence-corrected chi connectivity index (χ2v) is 3.32. The summed E-state index contributed by atoms with van der Waals surface area (Å²) < 4.78 is 4.93. The standard InChI is InChI=1S/C12H14O4.K/c1-2-3-8-16-12(15)10-7-5-4-6-9(10)11(13)14;/h4-7H,2-3,8H2,1H3,(H,13,14);/q;+1/p-1. The molecule has 4 nitrogen and oxygen atoms in total. The molecular weight excluding hydrogens is 247 g/mol. The van der Waals surface area contributed by atoms with Crippen molar-refractivity contribution in [1.82, 2.24) is 0 Å². The molecule has 0 aromatic heterocycles. The van der Waals surface area contributed by atoms with Crippen LogP contribution in [0.2, 0.25) is 0 Å². The summed E-state index contributed by atoms with van der Waals surface area (Å²) in [6.45, 7) is 2.28. The predicted molar refractivity (Wildman–Crippen MR) is 56.0 cm³/mol. The fourth-order valence-corrected chi connectivity index (χ4v) is 1.23. The van der Waals surface area contributed by atoms with Gasteiger partial charge in [0.1, 0.15) is 0 Å². The zero-order chi connectivity index (χ0) is 12.0. The van der Waals surface area contributed by atoms with Gasteiger partial charge in [-0.05, 0) is 12.5 Å². The number of hydrogen-bond donors (Lipinski definition) is 0. The van der Waals surface area contributed by atoms with Gasteiger partial charge in [-0.15, -0.1) is 0 Å². The van der Waals surface area contributed by atoms with Crippen molar-refractivity contribution in [2.24, 2.45) is 0 Å². The average Bonchev–Trinajstić information content (AvgIpc) is 2.29. The van der Waals surface area contributed by atoms with Gasteiger partial charge in [0.15, 0.2) is 0 Å². The quantitative estimate of drug-likeness (QED) is 0.349. The summed E-state index contributed by atoms with van der Waals surface area (Å²) >= 11 is 0. The molecule has 0 bridgehead atoms. The van der Waals surface area contributed by atoms with E-state index in [9.17, 15) is 14.7 Å². The van der Waals surface area contributed by atoms with E-state index in [1.807, 2.05) is 6.92 Å². The first-order valence-electron chi connectivity index (χ1n) is 5.14. The minimum Gasteiger partial charge on any atom is -0.545 e. The molecule has 0 spiro atoms. The van der Waals surface area contributed by atoms with E-state index in [1.54, 1.807) is 6.07 Å². The largest absolute Gasteiger partial charge is 1.00 e. The number of esters is 1. The topological polar surface area (TPSA) is 66.4 Å². The van der Waals surface area contributed by atoms with E-state index in [1.165, 1.54) is 18.2 Å². The van der Waals surface area contributed by atoms with Crippen molar-refractivity contribution >= 4 is 11.9 Å². The Bertz CT molecular complexity index is 390. The Balaban J connectivity index is 0.00000256. The Morgan fingerprint density at radius 1 is 1.24 bits per heavy atom. The number of rotatable bonds is 5. The number of carbonyl (C=O) groups excluding carboxylic acids is 2. The van der Waals surface area contributed by atoms with E-state index in [0.717, 1.165) is 12.8 Å². The molecule has 0 aliphatic carbocycles. The third kappa shape index (κ3) is 5.31. The fourth-order valence-electron chi connectivity index (χ4n) is 1.23. The van der Waals surface area contributed by atoms with Crippen molar-refractivity contribution in [3.8, 4) is 0 Å². The normalized spacial score (nSPS) is 9.24. The summed E-state index contributed by atoms with van der Waals surface area (Å²) in [6, 6.07) is 5.86. The van der Waals surface area contributed by atoms with Crippen LogP contribution in [0, 0.1) is 0 Å². The van der Waals surface area contributed by atoms with Gasteiger partial charge in [-0.2, -0.15) is 0 Å². The second-order valence-electron chi connectivity index (χ2n) is 3.32. The predicted octanol–water partition coefficient (Wildman–Crippen LogP) is -1.99. The van der Waals surface area contributed by atoms with Crippen LogP contribution in [0.15, 0.2) is 24.3 Å². The average molecular weight is 260 g/mol. The van der Waals surface area contributed by atoms with Crippen LogP contribution in [0.5, 0.6) is 0 Å². The van der Waals surface area contributed by atoms with Crippen LogP contribution >= 0.6 is 0 Å². The van der Waals surface area contributed by atoms with Gasteiger partial charge in [0.2, 0.25) is 0 Å². The van der Waals surface area contributed by atoms with E-state index in [4.69, 9.17) is 4.74 Å². The van der Waals surface area contributed by atoms with Crippen LogP contribution in [0.25, 0.3) is 0 Å². The summed E-state index contributed by atoms with van der Waals surface area (Å²) in [5.41, 5.74) is -0.0948. The first-order chi connectivity index (χ1) is 7.66. The molecule has 0 heterocycles. The number of benzene rings is 1. The second kappa shape index (κ2) is 8.82. The molecule has 0 atom stereocenters. The number of carboxylic acid groups (broad SMARTS) is 1. The molecule has 0 fully saturated rings. The fraction of sp³-hybridized carbons (Fsp3) is 0.333. The van der Waals surface area contributed by atoms with Crippen molar-refractivity contribution in [3.63, 3.8) is 0 Å². The molecule has 86 valence electrons. The maximum atomic E-state index is 11.5. The van der Waals surface area contributed by atoms with E-state index in [0.29, 0.717) is 6.61 Å². The van der Waals surface area contributed by atoms with Crippen molar-refractivity contribution < 1.29 is 70.8 Å². The Hall–Kier alpha value is -0.204. The Kier molecular flexibility index (Phi) is 8.72. The summed E-state index contributed by atoms with van der Waals surface area (Å²) in [5, 5.41) is 10.7. The van der Waals surface area contributed by atoms with Crippen LogP contribution in [-0.4, -0.2) is 18.5 Å². The summed E-state index contributed by atoms with van der Waals surface area (Å²) in [6.07, 6.45) is 1.68. The third-order valence-electron chi connectivity index (χ3n) is 2.10. The van der Waals surface area contributed by atoms with Gasteiger partial charge in [-0.1, -0.05) is 31.5 Å². The van der Waals surface area contributed by atoms with Gasteiger partial charge >= 0.3 is 57.4 Å². The number of ether oxygens (including phenoxy) is 1. The van der Waals surface area contributed by atoms with Crippen LogP contribution in [0.1, 0.15) is 40.5 Å². The first-order valence-corrected chi connectivity index (χ1v) is 5.14. The molecule has 0 saturated carbocycles. The third-order valence-corrected chi connectivity index (χ3v) is 2.10. The molecule has 0 amide bonds. The maximum absolute atomic E-state index is 11.5. The minimum atomic E-state index is -1.37. The molecule has 0 N–H and O–H groups in total. The van der Waals surface area contributed by atoms with E-state index >= 15 is 0 Å². The number of carboxylic acids is 1. The van der Waals surface area contributed by atoms with Crippen LogP contribution in [-0.2, 0) is 4.74 Å². The minimum absolute atomic E-state index is 0. The summed E-state index contributed by atoms with van der Waals surface area (Å²) in [5.74, 6) is -1.99. The van der Waals surface area contributed by atoms with Gasteiger partial charge in [0, 0.05) is 5.56 Å². The first kappa shape index (κ1) is 16.8. The van der Waals surface area contributed by atoms with Gasteiger partial charge in [0.05, 0.1) is 18.1 Å². The molecule has 1 rings (SSSR count). The van der Waals surface area contributed by atoms with E-state index in [2.05, 4.69) is 0 Å². The van der Waals surface area contributed by atoms with Crippen molar-refractivity contribution in [3.05, 3.63) is 35.4 Å².